The second kappa shape index (κ2) is 9.00. The van der Waals surface area contributed by atoms with Crippen molar-refractivity contribution in [2.24, 2.45) is 0 Å². The zero-order valence-electron chi connectivity index (χ0n) is 17.1. The average Bonchev–Trinajstić information content (AvgIpc) is 2.40. The molecule has 0 heterocycles. The van der Waals surface area contributed by atoms with Crippen LogP contribution in [0.15, 0.2) is 0 Å². The van der Waals surface area contributed by atoms with Crippen LogP contribution in [0.25, 0.3) is 0 Å². The first-order valence-corrected chi connectivity index (χ1v) is 11.4. The Balaban J connectivity index is 5.01. The van der Waals surface area contributed by atoms with Crippen molar-refractivity contribution in [2.75, 3.05) is 13.7 Å². The molecule has 148 valence electrons. The van der Waals surface area contributed by atoms with E-state index in [1.807, 2.05) is 0 Å². The van der Waals surface area contributed by atoms with Crippen molar-refractivity contribution in [1.82, 2.24) is 5.32 Å². The largest absolute Gasteiger partial charge is 0.467 e. The number of ether oxygens (including phenoxy) is 2. The van der Waals surface area contributed by atoms with Crippen LogP contribution in [0, 0.1) is 0 Å². The van der Waals surface area contributed by atoms with E-state index in [2.05, 4.69) is 43.9 Å². The van der Waals surface area contributed by atoms with E-state index in [4.69, 9.17) is 9.16 Å². The van der Waals surface area contributed by atoms with Crippen LogP contribution in [0.4, 0.5) is 4.79 Å². The number of esters is 1. The van der Waals surface area contributed by atoms with Crippen LogP contribution < -0.4 is 5.32 Å². The predicted molar refractivity (Wildman–Crippen MR) is 98.9 cm³/mol. The molecule has 0 rings (SSSR count). The Bertz CT molecular complexity index is 453. The molecule has 2 N–H and O–H groups in total. The number of carbonyl (C=O) groups excluding carboxylic acids is 2. The molecular formula is C17H35NO6Si. The van der Waals surface area contributed by atoms with Crippen molar-refractivity contribution >= 4 is 20.4 Å². The Hall–Kier alpha value is -1.12. The number of aliphatic hydroxyl groups is 1. The number of aliphatic hydroxyl groups excluding tert-OH is 1. The van der Waals surface area contributed by atoms with E-state index in [-0.39, 0.29) is 18.1 Å². The fourth-order valence-electron chi connectivity index (χ4n) is 1.67. The molecule has 2 atom stereocenters. The minimum atomic E-state index is -2.04. The minimum Gasteiger partial charge on any atom is -0.467 e. The van der Waals surface area contributed by atoms with E-state index < -0.39 is 38.1 Å². The Morgan fingerprint density at radius 3 is 2.04 bits per heavy atom. The van der Waals surface area contributed by atoms with E-state index >= 15 is 0 Å². The summed E-state index contributed by atoms with van der Waals surface area (Å²) in [5, 5.41) is 12.6. The predicted octanol–water partition coefficient (Wildman–Crippen LogP) is 2.83. The second-order valence-electron chi connectivity index (χ2n) is 8.69. The molecule has 0 aromatic rings. The summed E-state index contributed by atoms with van der Waals surface area (Å²) >= 11 is 0. The summed E-state index contributed by atoms with van der Waals surface area (Å²) in [6, 6.07) is -0.571. The Morgan fingerprint density at radius 2 is 1.64 bits per heavy atom. The van der Waals surface area contributed by atoms with Gasteiger partial charge in [0.2, 0.25) is 0 Å². The van der Waals surface area contributed by atoms with Crippen LogP contribution >= 0.6 is 0 Å². The average molecular weight is 378 g/mol. The Kier molecular flexibility index (Phi) is 8.60. The molecule has 0 radical (unpaired) electrons. The summed E-state index contributed by atoms with van der Waals surface area (Å²) in [6.45, 7) is 16.0. The molecule has 0 aliphatic rings. The van der Waals surface area contributed by atoms with Gasteiger partial charge >= 0.3 is 12.1 Å². The minimum absolute atomic E-state index is 0.00440. The maximum Gasteiger partial charge on any atom is 0.407 e. The van der Waals surface area contributed by atoms with Crippen molar-refractivity contribution in [2.45, 2.75) is 83.8 Å². The summed E-state index contributed by atoms with van der Waals surface area (Å²) in [5.41, 5.74) is -0.643. The highest BCUT2D eigenvalue weighted by molar-refractivity contribution is 6.74. The number of hydrogen-bond acceptors (Lipinski definition) is 6. The lowest BCUT2D eigenvalue weighted by Crippen LogP contribution is -2.48. The monoisotopic (exact) mass is 377 g/mol. The lowest BCUT2D eigenvalue weighted by molar-refractivity contribution is -0.151. The van der Waals surface area contributed by atoms with Gasteiger partial charge in [0.1, 0.15) is 5.60 Å². The first-order valence-electron chi connectivity index (χ1n) is 8.48. The number of alkyl carbamates (subject to hydrolysis) is 1. The van der Waals surface area contributed by atoms with Gasteiger partial charge < -0.3 is 24.3 Å². The number of methoxy groups -OCH3 is 1. The molecule has 25 heavy (non-hydrogen) atoms. The third kappa shape index (κ3) is 9.22. The third-order valence-corrected chi connectivity index (χ3v) is 8.65. The Morgan fingerprint density at radius 1 is 1.12 bits per heavy atom. The van der Waals surface area contributed by atoms with Gasteiger partial charge in [-0.15, -0.1) is 0 Å². The van der Waals surface area contributed by atoms with Crippen LogP contribution in [0.2, 0.25) is 18.1 Å². The van der Waals surface area contributed by atoms with Gasteiger partial charge in [-0.3, -0.25) is 0 Å². The van der Waals surface area contributed by atoms with E-state index in [0.717, 1.165) is 0 Å². The number of amides is 1. The van der Waals surface area contributed by atoms with Gasteiger partial charge in [0.15, 0.2) is 14.4 Å². The van der Waals surface area contributed by atoms with Crippen molar-refractivity contribution in [3.8, 4) is 0 Å². The van der Waals surface area contributed by atoms with Crippen LogP contribution in [-0.2, 0) is 18.7 Å². The number of hydrogen-bond donors (Lipinski definition) is 2. The van der Waals surface area contributed by atoms with Gasteiger partial charge in [0.05, 0.1) is 19.8 Å². The molecule has 0 aromatic carbocycles. The molecule has 0 aliphatic carbocycles. The molecule has 0 fully saturated rings. The number of carbonyl (C=O) groups is 2. The fraction of sp³-hybridized carbons (Fsp3) is 0.882. The van der Waals surface area contributed by atoms with Crippen LogP contribution in [0.3, 0.4) is 0 Å². The first-order chi connectivity index (χ1) is 11.1. The van der Waals surface area contributed by atoms with Crippen molar-refractivity contribution < 1.29 is 28.6 Å². The summed E-state index contributed by atoms with van der Waals surface area (Å²) in [6.07, 6.45) is -1.97. The second-order valence-corrected chi connectivity index (χ2v) is 13.5. The molecular weight excluding hydrogens is 342 g/mol. The van der Waals surface area contributed by atoms with E-state index in [1.54, 1.807) is 20.8 Å². The molecule has 0 bridgehead atoms. The summed E-state index contributed by atoms with van der Waals surface area (Å²) in [5.74, 6) is -0.747. The summed E-state index contributed by atoms with van der Waals surface area (Å²) < 4.78 is 15.9. The van der Waals surface area contributed by atoms with Gasteiger partial charge in [-0.25, -0.2) is 9.59 Å². The van der Waals surface area contributed by atoms with Gasteiger partial charge in [-0.1, -0.05) is 20.8 Å². The lowest BCUT2D eigenvalue weighted by Gasteiger charge is -2.37. The normalized spacial score (nSPS) is 15.3. The smallest absolute Gasteiger partial charge is 0.407 e. The van der Waals surface area contributed by atoms with Crippen LogP contribution in [0.5, 0.6) is 0 Å². The van der Waals surface area contributed by atoms with Gasteiger partial charge in [-0.2, -0.15) is 0 Å². The van der Waals surface area contributed by atoms with Gasteiger partial charge in [0.25, 0.3) is 0 Å². The highest BCUT2D eigenvalue weighted by Crippen LogP contribution is 2.36. The SMILES string of the molecule is COC(=O)C(O)CC(CO[Si](C)(C)C(C)(C)C)NC(=O)OC(C)(C)C. The summed E-state index contributed by atoms with van der Waals surface area (Å²) in [4.78, 5) is 23.5. The van der Waals surface area contributed by atoms with Crippen LogP contribution in [-0.4, -0.2) is 57.0 Å². The van der Waals surface area contributed by atoms with Crippen molar-refractivity contribution in [1.29, 1.82) is 0 Å². The lowest BCUT2D eigenvalue weighted by atomic mass is 10.1. The molecule has 8 heteroatoms. The quantitative estimate of drug-likeness (QED) is 0.523. The zero-order chi connectivity index (χ0) is 20.1. The maximum absolute atomic E-state index is 12.0. The van der Waals surface area contributed by atoms with E-state index in [9.17, 15) is 14.7 Å². The number of nitrogens with one attached hydrogen (secondary N) is 1. The molecule has 2 unspecified atom stereocenters. The molecule has 0 saturated heterocycles. The topological polar surface area (TPSA) is 94.1 Å². The van der Waals surface area contributed by atoms with Crippen molar-refractivity contribution in [3.63, 3.8) is 0 Å². The van der Waals surface area contributed by atoms with Gasteiger partial charge in [-0.05, 0) is 38.9 Å². The molecule has 1 amide bonds. The molecule has 0 aromatic heterocycles. The molecule has 0 saturated carbocycles. The highest BCUT2D eigenvalue weighted by atomic mass is 28.4. The molecule has 7 nitrogen and oxygen atoms in total. The van der Waals surface area contributed by atoms with Gasteiger partial charge in [0, 0.05) is 6.42 Å². The zero-order valence-corrected chi connectivity index (χ0v) is 18.1. The summed E-state index contributed by atoms with van der Waals surface area (Å²) in [7, 11) is -0.840. The first kappa shape index (κ1) is 23.9. The van der Waals surface area contributed by atoms with E-state index in [0.29, 0.717) is 0 Å². The van der Waals surface area contributed by atoms with Crippen molar-refractivity contribution in [3.05, 3.63) is 0 Å². The molecule has 0 aliphatic heterocycles. The number of rotatable bonds is 7. The Labute approximate surface area is 152 Å². The standard InChI is InChI=1S/C17H35NO6Si/c1-16(2,3)24-15(21)18-12(10-13(19)14(20)22-7)11-23-25(8,9)17(4,5)6/h12-13,19H,10-11H2,1-9H3,(H,18,21). The maximum atomic E-state index is 12.0. The molecule has 0 spiro atoms. The highest BCUT2D eigenvalue weighted by Gasteiger charge is 2.38. The van der Waals surface area contributed by atoms with E-state index in [1.165, 1.54) is 7.11 Å². The third-order valence-electron chi connectivity index (χ3n) is 4.15. The fourth-order valence-corrected chi connectivity index (χ4v) is 2.72. The van der Waals surface area contributed by atoms with Crippen LogP contribution in [0.1, 0.15) is 48.0 Å².